The average molecular weight is 325 g/mol. The number of hydrogen-bond donors (Lipinski definition) is 3. The molecule has 10 heteroatoms. The zero-order valence-electron chi connectivity index (χ0n) is 9.89. The predicted octanol–water partition coefficient (Wildman–Crippen LogP) is -0.0418. The standard InChI is InChI=1S/C10H10ClFN2O5S/c11-7-3-6(1-2-8(7)12)20(18,19)14-4-9(15)13-5-10(16)17/h1-3,14H,4-5H2,(H,13,15)(H,16,17). The molecular formula is C10H10ClFN2O5S. The Morgan fingerprint density at radius 2 is 1.95 bits per heavy atom. The predicted molar refractivity (Wildman–Crippen MR) is 67.2 cm³/mol. The third-order valence-electron chi connectivity index (χ3n) is 2.06. The minimum atomic E-state index is -4.04. The molecule has 0 aromatic heterocycles. The number of nitrogens with one attached hydrogen (secondary N) is 2. The van der Waals surface area contributed by atoms with E-state index in [0.29, 0.717) is 0 Å². The van der Waals surface area contributed by atoms with Crippen molar-refractivity contribution in [3.05, 3.63) is 29.0 Å². The Bertz CT molecular complexity index is 635. The monoisotopic (exact) mass is 324 g/mol. The number of carboxylic acid groups (broad SMARTS) is 1. The highest BCUT2D eigenvalue weighted by Gasteiger charge is 2.17. The van der Waals surface area contributed by atoms with Crippen LogP contribution >= 0.6 is 11.6 Å². The molecule has 0 aliphatic carbocycles. The number of carboxylic acids is 1. The molecule has 1 rings (SSSR count). The molecule has 0 saturated carbocycles. The normalized spacial score (nSPS) is 11.1. The second kappa shape index (κ2) is 6.64. The van der Waals surface area contributed by atoms with Gasteiger partial charge in [0.1, 0.15) is 12.4 Å². The number of carbonyl (C=O) groups excluding carboxylic acids is 1. The first-order valence-electron chi connectivity index (χ1n) is 5.15. The van der Waals surface area contributed by atoms with E-state index in [2.05, 4.69) is 0 Å². The van der Waals surface area contributed by atoms with Gasteiger partial charge in [-0.3, -0.25) is 9.59 Å². The fraction of sp³-hybridized carbons (Fsp3) is 0.200. The summed E-state index contributed by atoms with van der Waals surface area (Å²) in [5.41, 5.74) is 0. The molecule has 0 saturated heterocycles. The smallest absolute Gasteiger partial charge is 0.322 e. The molecule has 0 aliphatic heterocycles. The molecule has 0 unspecified atom stereocenters. The van der Waals surface area contributed by atoms with Gasteiger partial charge in [0.05, 0.1) is 16.5 Å². The largest absolute Gasteiger partial charge is 0.480 e. The van der Waals surface area contributed by atoms with Crippen molar-refractivity contribution >= 4 is 33.5 Å². The van der Waals surface area contributed by atoms with Gasteiger partial charge in [-0.25, -0.2) is 17.5 Å². The van der Waals surface area contributed by atoms with E-state index in [1.54, 1.807) is 0 Å². The van der Waals surface area contributed by atoms with Crippen LogP contribution < -0.4 is 10.0 Å². The van der Waals surface area contributed by atoms with Crippen molar-refractivity contribution in [2.75, 3.05) is 13.1 Å². The Morgan fingerprint density at radius 1 is 1.30 bits per heavy atom. The molecule has 110 valence electrons. The fourth-order valence-electron chi connectivity index (χ4n) is 1.12. The van der Waals surface area contributed by atoms with E-state index in [4.69, 9.17) is 16.7 Å². The van der Waals surface area contributed by atoms with Crippen LogP contribution in [-0.4, -0.2) is 38.5 Å². The molecule has 0 spiro atoms. The first-order valence-corrected chi connectivity index (χ1v) is 7.01. The molecule has 0 aliphatic rings. The molecular weight excluding hydrogens is 315 g/mol. The Balaban J connectivity index is 2.68. The number of amides is 1. The number of carbonyl (C=O) groups is 2. The minimum absolute atomic E-state index is 0.310. The first-order chi connectivity index (χ1) is 9.22. The SMILES string of the molecule is O=C(O)CNC(=O)CNS(=O)(=O)c1ccc(F)c(Cl)c1. The zero-order valence-corrected chi connectivity index (χ0v) is 11.5. The minimum Gasteiger partial charge on any atom is -0.480 e. The van der Waals surface area contributed by atoms with Gasteiger partial charge in [-0.2, -0.15) is 0 Å². The molecule has 0 fully saturated rings. The van der Waals surface area contributed by atoms with Gasteiger partial charge in [0.15, 0.2) is 0 Å². The summed E-state index contributed by atoms with van der Waals surface area (Å²) in [6.45, 7) is -1.27. The van der Waals surface area contributed by atoms with Crippen LogP contribution in [0.1, 0.15) is 0 Å². The maximum Gasteiger partial charge on any atom is 0.322 e. The fourth-order valence-corrected chi connectivity index (χ4v) is 2.38. The van der Waals surface area contributed by atoms with Crippen LogP contribution in [0.2, 0.25) is 5.02 Å². The lowest BCUT2D eigenvalue weighted by Gasteiger charge is -2.07. The van der Waals surface area contributed by atoms with Crippen molar-refractivity contribution in [3.63, 3.8) is 0 Å². The summed E-state index contributed by atoms with van der Waals surface area (Å²) in [6.07, 6.45) is 0. The third kappa shape index (κ3) is 4.76. The summed E-state index contributed by atoms with van der Waals surface area (Å²) in [6, 6.07) is 2.76. The molecule has 7 nitrogen and oxygen atoms in total. The van der Waals surface area contributed by atoms with Crippen molar-refractivity contribution in [1.29, 1.82) is 0 Å². The van der Waals surface area contributed by atoms with Gasteiger partial charge in [0.25, 0.3) is 0 Å². The van der Waals surface area contributed by atoms with Crippen LogP contribution in [0.4, 0.5) is 4.39 Å². The van der Waals surface area contributed by atoms with Crippen LogP contribution in [0.25, 0.3) is 0 Å². The Hall–Kier alpha value is -1.71. The Morgan fingerprint density at radius 3 is 2.50 bits per heavy atom. The van der Waals surface area contributed by atoms with Crippen molar-refractivity contribution in [3.8, 4) is 0 Å². The lowest BCUT2D eigenvalue weighted by molar-refractivity contribution is -0.137. The Kier molecular flexibility index (Phi) is 5.43. The molecule has 3 N–H and O–H groups in total. The van der Waals surface area contributed by atoms with E-state index in [1.165, 1.54) is 0 Å². The van der Waals surface area contributed by atoms with E-state index >= 15 is 0 Å². The van der Waals surface area contributed by atoms with Crippen LogP contribution in [0, 0.1) is 5.82 Å². The summed E-state index contributed by atoms with van der Waals surface area (Å²) in [5, 5.41) is 9.92. The van der Waals surface area contributed by atoms with E-state index in [1.807, 2.05) is 10.0 Å². The van der Waals surface area contributed by atoms with E-state index in [-0.39, 0.29) is 9.92 Å². The van der Waals surface area contributed by atoms with Crippen LogP contribution in [0.5, 0.6) is 0 Å². The molecule has 1 aromatic carbocycles. The summed E-state index contributed by atoms with van der Waals surface area (Å²) >= 11 is 5.46. The number of benzene rings is 1. The van der Waals surface area contributed by atoms with Gasteiger partial charge in [0, 0.05) is 0 Å². The van der Waals surface area contributed by atoms with Gasteiger partial charge in [-0.1, -0.05) is 11.6 Å². The average Bonchev–Trinajstić information content (AvgIpc) is 2.37. The van der Waals surface area contributed by atoms with E-state index in [9.17, 15) is 22.4 Å². The van der Waals surface area contributed by atoms with Gasteiger partial charge in [0.2, 0.25) is 15.9 Å². The quantitative estimate of drug-likeness (QED) is 0.679. The highest BCUT2D eigenvalue weighted by molar-refractivity contribution is 7.89. The number of aliphatic carboxylic acids is 1. The summed E-state index contributed by atoms with van der Waals surface area (Å²) in [5.74, 6) is -2.85. The molecule has 0 heterocycles. The van der Waals surface area contributed by atoms with E-state index in [0.717, 1.165) is 18.2 Å². The second-order valence-electron chi connectivity index (χ2n) is 3.57. The van der Waals surface area contributed by atoms with E-state index < -0.39 is 40.8 Å². The summed E-state index contributed by atoms with van der Waals surface area (Å²) in [4.78, 5) is 21.0. The molecule has 1 aromatic rings. The highest BCUT2D eigenvalue weighted by atomic mass is 35.5. The number of sulfonamides is 1. The molecule has 20 heavy (non-hydrogen) atoms. The number of halogens is 2. The second-order valence-corrected chi connectivity index (χ2v) is 5.75. The lowest BCUT2D eigenvalue weighted by Crippen LogP contribution is -2.38. The zero-order chi connectivity index (χ0) is 15.3. The van der Waals surface area contributed by atoms with Gasteiger partial charge in [-0.15, -0.1) is 0 Å². The third-order valence-corrected chi connectivity index (χ3v) is 3.75. The number of hydrogen-bond acceptors (Lipinski definition) is 4. The molecule has 0 atom stereocenters. The first kappa shape index (κ1) is 16.3. The van der Waals surface area contributed by atoms with Crippen molar-refractivity contribution in [2.24, 2.45) is 0 Å². The maximum atomic E-state index is 12.9. The van der Waals surface area contributed by atoms with Crippen LogP contribution in [0.3, 0.4) is 0 Å². The van der Waals surface area contributed by atoms with Crippen molar-refractivity contribution in [1.82, 2.24) is 10.0 Å². The van der Waals surface area contributed by atoms with Crippen LogP contribution in [0.15, 0.2) is 23.1 Å². The summed E-state index contributed by atoms with van der Waals surface area (Å²) < 4.78 is 38.3. The molecule has 0 bridgehead atoms. The Labute approximate surface area is 118 Å². The van der Waals surface area contributed by atoms with Gasteiger partial charge in [-0.05, 0) is 18.2 Å². The topological polar surface area (TPSA) is 113 Å². The maximum absolute atomic E-state index is 12.9. The lowest BCUT2D eigenvalue weighted by atomic mass is 10.3. The van der Waals surface area contributed by atoms with Gasteiger partial charge < -0.3 is 10.4 Å². The highest BCUT2D eigenvalue weighted by Crippen LogP contribution is 2.19. The van der Waals surface area contributed by atoms with Crippen molar-refractivity contribution in [2.45, 2.75) is 4.90 Å². The molecule has 0 radical (unpaired) electrons. The molecule has 1 amide bonds. The van der Waals surface area contributed by atoms with Gasteiger partial charge >= 0.3 is 5.97 Å². The van der Waals surface area contributed by atoms with Crippen molar-refractivity contribution < 1.29 is 27.5 Å². The van der Waals surface area contributed by atoms with Crippen LogP contribution in [-0.2, 0) is 19.6 Å². The summed E-state index contributed by atoms with van der Waals surface area (Å²) in [7, 11) is -4.04. The number of rotatable bonds is 6.